The monoisotopic (exact) mass is 1230 g/mol. The third kappa shape index (κ3) is 23.6. The Balaban J connectivity index is 2.44. The minimum absolute atomic E-state index is 0.0150. The Kier molecular flexibility index (Phi) is 33.0. The number of esters is 1. The van der Waals surface area contributed by atoms with Gasteiger partial charge in [0.1, 0.15) is 66.5 Å². The second kappa shape index (κ2) is 38.0. The maximum absolute atomic E-state index is 14.5. The molecule has 0 radical (unpaired) electrons. The number of aliphatic hydroxyl groups excluding tert-OH is 2. The zero-order chi connectivity index (χ0) is 65.8. The van der Waals surface area contributed by atoms with Gasteiger partial charge in [0.25, 0.3) is 0 Å². The molecule has 1 aromatic carbocycles. The first kappa shape index (κ1) is 75.6. The zero-order valence-electron chi connectivity index (χ0n) is 52.9. The lowest BCUT2D eigenvalue weighted by Crippen LogP contribution is -2.63. The number of carbonyl (C=O) groups excluding carboxylic acids is 11. The van der Waals surface area contributed by atoms with E-state index >= 15 is 0 Å². The maximum atomic E-state index is 14.5. The molecule has 1 heterocycles. The van der Waals surface area contributed by atoms with E-state index in [4.69, 9.17) is 16.2 Å². The van der Waals surface area contributed by atoms with Gasteiger partial charge in [-0.1, -0.05) is 132 Å². The quantitative estimate of drug-likeness (QED) is 0.0155. The largest absolute Gasteiger partial charge is 0.458 e. The van der Waals surface area contributed by atoms with Crippen LogP contribution in [0.5, 0.6) is 0 Å². The summed E-state index contributed by atoms with van der Waals surface area (Å²) in [6.07, 6.45) is 0.757. The minimum Gasteiger partial charge on any atom is -0.458 e. The number of carbonyl (C=O) groups is 11. The smallest absolute Gasteiger partial charge is 0.329 e. The number of amides is 10. The summed E-state index contributed by atoms with van der Waals surface area (Å²) >= 11 is 0. The first-order valence-electron chi connectivity index (χ1n) is 30.3. The van der Waals surface area contributed by atoms with E-state index in [1.54, 1.807) is 62.4 Å². The lowest BCUT2D eigenvalue weighted by Gasteiger charge is -2.31. The summed E-state index contributed by atoms with van der Waals surface area (Å²) in [4.78, 5) is 158. The molecule has 1 fully saturated rings. The Labute approximate surface area is 511 Å². The predicted octanol–water partition coefficient (Wildman–Crippen LogP) is -2.10. The summed E-state index contributed by atoms with van der Waals surface area (Å²) in [5.41, 5.74) is 11.9. The van der Waals surface area contributed by atoms with Crippen LogP contribution in [0.3, 0.4) is 0 Å². The van der Waals surface area contributed by atoms with Crippen LogP contribution in [0.25, 0.3) is 0 Å². The molecule has 17 atom stereocenters. The number of cyclic esters (lactones) is 1. The van der Waals surface area contributed by atoms with Crippen molar-refractivity contribution in [3.63, 3.8) is 0 Å². The minimum atomic E-state index is -1.79. The molecule has 0 aliphatic carbocycles. The number of guanidine groups is 1. The highest BCUT2D eigenvalue weighted by Gasteiger charge is 2.41. The number of aliphatic imine (C=N–C) groups is 1. The van der Waals surface area contributed by atoms with E-state index in [0.29, 0.717) is 32.1 Å². The highest BCUT2D eigenvalue weighted by Crippen LogP contribution is 2.18. The summed E-state index contributed by atoms with van der Waals surface area (Å²) < 4.78 is 5.73. The van der Waals surface area contributed by atoms with Gasteiger partial charge in [0.05, 0.1) is 19.3 Å². The molecule has 0 bridgehead atoms. The lowest BCUT2D eigenvalue weighted by molar-refractivity contribution is -0.157. The average Bonchev–Trinajstić information content (AvgIpc) is 3.57. The summed E-state index contributed by atoms with van der Waals surface area (Å²) in [6, 6.07) is -5.60. The molecule has 0 spiro atoms. The van der Waals surface area contributed by atoms with E-state index in [1.165, 1.54) is 13.8 Å². The lowest BCUT2D eigenvalue weighted by atomic mass is 9.94. The number of nitrogens with two attached hydrogens (primary N) is 2. The number of nitrogens with zero attached hydrogens (tertiary/aromatic N) is 1. The summed E-state index contributed by atoms with van der Waals surface area (Å²) in [5, 5.41) is 50.0. The van der Waals surface area contributed by atoms with E-state index in [9.17, 15) is 63.0 Å². The number of nitrogens with one attached hydrogen (secondary N) is 11. The number of hydrogen-bond donors (Lipinski definition) is 15. The number of hydrogen-bond acceptors (Lipinski definition) is 16. The second-order valence-corrected chi connectivity index (χ2v) is 22.7. The fraction of sp³-hybridized carbons (Fsp3) is 0.695. The summed E-state index contributed by atoms with van der Waals surface area (Å²) in [5.74, 6) is -12.2. The van der Waals surface area contributed by atoms with Crippen molar-refractivity contribution < 1.29 is 67.7 Å². The van der Waals surface area contributed by atoms with Crippen molar-refractivity contribution in [1.82, 2.24) is 58.5 Å². The second-order valence-electron chi connectivity index (χ2n) is 22.7. The van der Waals surface area contributed by atoms with Crippen LogP contribution in [0.1, 0.15) is 134 Å². The molecule has 28 heteroatoms. The van der Waals surface area contributed by atoms with Crippen LogP contribution in [-0.2, 0) is 63.9 Å². The van der Waals surface area contributed by atoms with Crippen molar-refractivity contribution in [1.29, 1.82) is 0 Å². The van der Waals surface area contributed by atoms with Crippen molar-refractivity contribution in [2.24, 2.45) is 46.0 Å². The molecule has 28 nitrogen and oxygen atoms in total. The standard InChI is InChI=1S/C59H100N14O14/c1-14-30(6)42(70-50(78)39(62-13)27-37-23-20-19-21-24-37)53(81)66-40(28-74)51(79)65-38(25-22-26-63-59(60)61)49(77)69-45(33(9)17-4)55(83)71-43(31(7)15-2)54(82)67-41(29-75)52(80)73-47-36(12)87-58(86)46(34(10)18-5)72-56(84)44(32(8)16-3)68-48(76)35(11)64-57(47)85/h19-21,23-24,30-36,38-47,62,74-75H,14-18,22,25-29H2,1-13H3,(H,64,85)(H,65,79)(H,66,81)(H,67,82)(H,68,76)(H,69,77)(H,70,78)(H,71,83)(H,72,84)(H,73,80)(H4,60,61,63)/t30-,31-,32-,33+,34-,35-,36-,38+,39+,40-,41-,42-,43-,44-,45+,46-,47+/m0/s1. The zero-order valence-corrected chi connectivity index (χ0v) is 52.9. The SMILES string of the molecule is CC[C@@H](C)[C@@H](NC(=O)[C@@H](CCCN=C(N)N)NC(=O)[C@H](CO)NC(=O)[C@@H](NC(=O)[C@@H](Cc1ccccc1)NC)[C@@H](C)CC)C(=O)N[C@H](C(=O)N[C@@H](CO)C(=O)N[C@H]1C(=O)N[C@@H](C)C(=O)N[C@@H]([C@@H](C)CC)C(=O)N[C@@H]([C@@H](C)CC)C(=O)O[C@H]1C)[C@@H](C)CC. The topological polar surface area (TPSA) is 434 Å². The average molecular weight is 1230 g/mol. The molecule has 87 heavy (non-hydrogen) atoms. The third-order valence-corrected chi connectivity index (χ3v) is 16.2. The number of likely N-dealkylation sites (N-methyl/N-ethyl adjacent to an activating group) is 1. The Hall–Kier alpha value is -7.46. The number of rotatable bonds is 33. The Bertz CT molecular complexity index is 2490. The Morgan fingerprint density at radius 2 is 1.00 bits per heavy atom. The van der Waals surface area contributed by atoms with Crippen molar-refractivity contribution in [2.45, 2.75) is 207 Å². The number of ether oxygens (including phenoxy) is 1. The van der Waals surface area contributed by atoms with Crippen LogP contribution in [0, 0.1) is 29.6 Å². The van der Waals surface area contributed by atoms with Crippen LogP contribution in [0.15, 0.2) is 35.3 Å². The van der Waals surface area contributed by atoms with E-state index in [-0.39, 0.29) is 37.7 Å². The molecule has 1 aromatic rings. The fourth-order valence-electron chi connectivity index (χ4n) is 9.22. The number of benzene rings is 1. The van der Waals surface area contributed by atoms with Gasteiger partial charge in [0, 0.05) is 6.54 Å². The van der Waals surface area contributed by atoms with Gasteiger partial charge >= 0.3 is 5.97 Å². The molecule has 490 valence electrons. The molecule has 10 amide bonds. The van der Waals surface area contributed by atoms with Gasteiger partial charge in [-0.2, -0.15) is 0 Å². The van der Waals surface area contributed by atoms with Crippen LogP contribution in [-0.4, -0.2) is 181 Å². The van der Waals surface area contributed by atoms with Crippen molar-refractivity contribution in [2.75, 3.05) is 26.8 Å². The molecule has 0 aromatic heterocycles. The first-order valence-corrected chi connectivity index (χ1v) is 30.3. The van der Waals surface area contributed by atoms with Crippen LogP contribution < -0.4 is 70.0 Å². The van der Waals surface area contributed by atoms with Crippen molar-refractivity contribution in [3.8, 4) is 0 Å². The maximum Gasteiger partial charge on any atom is 0.329 e. The van der Waals surface area contributed by atoms with Gasteiger partial charge in [-0.3, -0.25) is 52.9 Å². The summed E-state index contributed by atoms with van der Waals surface area (Å²) in [7, 11) is 1.61. The molecular weight excluding hydrogens is 1130 g/mol. The normalized spacial score (nSPS) is 21.6. The Morgan fingerprint density at radius 1 is 0.563 bits per heavy atom. The van der Waals surface area contributed by atoms with Crippen LogP contribution in [0.2, 0.25) is 0 Å². The van der Waals surface area contributed by atoms with Gasteiger partial charge in [-0.25, -0.2) is 4.79 Å². The number of aliphatic hydroxyl groups is 2. The first-order chi connectivity index (χ1) is 41.1. The molecule has 1 aliphatic rings. The molecule has 17 N–H and O–H groups in total. The van der Waals surface area contributed by atoms with E-state index in [2.05, 4.69) is 63.5 Å². The van der Waals surface area contributed by atoms with Gasteiger partial charge < -0.3 is 84.9 Å². The molecule has 1 aliphatic heterocycles. The van der Waals surface area contributed by atoms with E-state index in [1.807, 2.05) is 44.2 Å². The highest BCUT2D eigenvalue weighted by atomic mass is 16.5. The fourth-order valence-corrected chi connectivity index (χ4v) is 9.22. The molecular formula is C59H100N14O14. The van der Waals surface area contributed by atoms with Gasteiger partial charge in [0.2, 0.25) is 59.1 Å². The van der Waals surface area contributed by atoms with Crippen LogP contribution in [0.4, 0.5) is 0 Å². The molecule has 2 rings (SSSR count). The van der Waals surface area contributed by atoms with Gasteiger partial charge in [-0.05, 0) is 75.3 Å². The Morgan fingerprint density at radius 3 is 1.47 bits per heavy atom. The molecule has 1 saturated heterocycles. The van der Waals surface area contributed by atoms with E-state index in [0.717, 1.165) is 5.56 Å². The molecule has 0 unspecified atom stereocenters. The van der Waals surface area contributed by atoms with Gasteiger partial charge in [0.15, 0.2) is 5.96 Å². The highest BCUT2D eigenvalue weighted by molar-refractivity contribution is 5.99. The van der Waals surface area contributed by atoms with Crippen LogP contribution >= 0.6 is 0 Å². The third-order valence-electron chi connectivity index (χ3n) is 16.2. The van der Waals surface area contributed by atoms with Gasteiger partial charge in [-0.15, -0.1) is 0 Å². The predicted molar refractivity (Wildman–Crippen MR) is 325 cm³/mol. The summed E-state index contributed by atoms with van der Waals surface area (Å²) in [6.45, 7) is 18.0. The van der Waals surface area contributed by atoms with Crippen molar-refractivity contribution in [3.05, 3.63) is 35.9 Å². The van der Waals surface area contributed by atoms with Crippen molar-refractivity contribution >= 4 is 71.0 Å². The van der Waals surface area contributed by atoms with E-state index < -0.39 is 174 Å². The molecule has 0 saturated carbocycles.